The van der Waals surface area contributed by atoms with Crippen molar-refractivity contribution in [1.82, 2.24) is 4.98 Å². The average molecular weight is 413 g/mol. The lowest BCUT2D eigenvalue weighted by molar-refractivity contribution is 0.102. The standard InChI is InChI=1S/C19H15N3O4S2/c1-12-20-16-11-13(8-9-17(16)26-12)21-19(23)14-5-2-3-6-15(14)22-28(24,25)18-7-4-10-27-18/h2-11,22H,1H3,(H,21,23). The summed E-state index contributed by atoms with van der Waals surface area (Å²) in [6.07, 6.45) is 0. The lowest BCUT2D eigenvalue weighted by Gasteiger charge is -2.12. The number of benzene rings is 2. The molecule has 9 heteroatoms. The van der Waals surface area contributed by atoms with Gasteiger partial charge in [-0.3, -0.25) is 9.52 Å². The molecule has 7 nitrogen and oxygen atoms in total. The third-order valence-corrected chi connectivity index (χ3v) is 6.69. The van der Waals surface area contributed by atoms with Crippen molar-refractivity contribution < 1.29 is 17.6 Å². The number of thiophene rings is 1. The van der Waals surface area contributed by atoms with Crippen LogP contribution in [0.1, 0.15) is 16.2 Å². The van der Waals surface area contributed by atoms with E-state index in [1.165, 1.54) is 6.07 Å². The van der Waals surface area contributed by atoms with Gasteiger partial charge in [-0.25, -0.2) is 13.4 Å². The van der Waals surface area contributed by atoms with Gasteiger partial charge in [0.2, 0.25) is 0 Å². The summed E-state index contributed by atoms with van der Waals surface area (Å²) in [7, 11) is -3.76. The molecule has 0 spiro atoms. The van der Waals surface area contributed by atoms with Gasteiger partial charge in [0, 0.05) is 12.6 Å². The Morgan fingerprint density at radius 2 is 1.93 bits per heavy atom. The number of oxazole rings is 1. The maximum atomic E-state index is 12.8. The molecule has 0 aliphatic rings. The van der Waals surface area contributed by atoms with Crippen molar-refractivity contribution in [1.29, 1.82) is 0 Å². The molecule has 2 heterocycles. The molecular weight excluding hydrogens is 398 g/mol. The molecule has 4 rings (SSSR count). The second-order valence-corrected chi connectivity index (χ2v) is 8.81. The minimum absolute atomic E-state index is 0.176. The Bertz CT molecular complexity index is 1260. The zero-order chi connectivity index (χ0) is 19.7. The van der Waals surface area contributed by atoms with E-state index in [-0.39, 0.29) is 15.5 Å². The fraction of sp³-hybridized carbons (Fsp3) is 0.0526. The summed E-state index contributed by atoms with van der Waals surface area (Å²) in [5.41, 5.74) is 2.19. The number of carbonyl (C=O) groups excluding carboxylic acids is 1. The second-order valence-electron chi connectivity index (χ2n) is 5.95. The van der Waals surface area contributed by atoms with Gasteiger partial charge >= 0.3 is 0 Å². The number of hydrogen-bond donors (Lipinski definition) is 2. The van der Waals surface area contributed by atoms with E-state index in [0.29, 0.717) is 22.7 Å². The smallest absolute Gasteiger partial charge is 0.271 e. The van der Waals surface area contributed by atoms with Gasteiger partial charge < -0.3 is 9.73 Å². The van der Waals surface area contributed by atoms with Crippen LogP contribution in [-0.2, 0) is 10.0 Å². The van der Waals surface area contributed by atoms with Crippen molar-refractivity contribution in [2.75, 3.05) is 10.0 Å². The average Bonchev–Trinajstić information content (AvgIpc) is 3.30. The maximum Gasteiger partial charge on any atom is 0.271 e. The van der Waals surface area contributed by atoms with E-state index in [0.717, 1.165) is 11.3 Å². The number of amides is 1. The predicted molar refractivity (Wildman–Crippen MR) is 108 cm³/mol. The van der Waals surface area contributed by atoms with Crippen LogP contribution in [0, 0.1) is 6.92 Å². The zero-order valence-corrected chi connectivity index (χ0v) is 16.3. The summed E-state index contributed by atoms with van der Waals surface area (Å²) in [6, 6.07) is 14.7. The van der Waals surface area contributed by atoms with Gasteiger partial charge in [0.05, 0.1) is 11.3 Å². The van der Waals surface area contributed by atoms with Gasteiger partial charge in [0.25, 0.3) is 15.9 Å². The number of para-hydroxylation sites is 1. The Balaban J connectivity index is 1.61. The van der Waals surface area contributed by atoms with Crippen LogP contribution >= 0.6 is 11.3 Å². The molecule has 1 amide bonds. The van der Waals surface area contributed by atoms with Gasteiger partial charge in [-0.15, -0.1) is 11.3 Å². The Morgan fingerprint density at radius 3 is 2.71 bits per heavy atom. The summed E-state index contributed by atoms with van der Waals surface area (Å²) in [5, 5.41) is 4.44. The predicted octanol–water partition coefficient (Wildman–Crippen LogP) is 4.25. The highest BCUT2D eigenvalue weighted by Crippen LogP contribution is 2.25. The fourth-order valence-corrected chi connectivity index (χ4v) is 4.77. The molecule has 28 heavy (non-hydrogen) atoms. The molecule has 2 N–H and O–H groups in total. The minimum atomic E-state index is -3.76. The van der Waals surface area contributed by atoms with E-state index < -0.39 is 15.9 Å². The highest BCUT2D eigenvalue weighted by Gasteiger charge is 2.19. The second kappa shape index (κ2) is 7.10. The van der Waals surface area contributed by atoms with E-state index in [1.54, 1.807) is 60.8 Å². The van der Waals surface area contributed by atoms with Crippen molar-refractivity contribution >= 4 is 49.7 Å². The highest BCUT2D eigenvalue weighted by atomic mass is 32.2. The van der Waals surface area contributed by atoms with Crippen LogP contribution in [0.4, 0.5) is 11.4 Å². The normalized spacial score (nSPS) is 11.5. The number of rotatable bonds is 5. The van der Waals surface area contributed by atoms with E-state index in [1.807, 2.05) is 0 Å². The van der Waals surface area contributed by atoms with Gasteiger partial charge in [0.15, 0.2) is 11.5 Å². The van der Waals surface area contributed by atoms with Crippen molar-refractivity contribution in [2.45, 2.75) is 11.1 Å². The molecule has 0 fully saturated rings. The molecule has 0 unspecified atom stereocenters. The molecule has 2 aromatic carbocycles. The van der Waals surface area contributed by atoms with E-state index in [9.17, 15) is 13.2 Å². The topological polar surface area (TPSA) is 101 Å². The number of aromatic nitrogens is 1. The lowest BCUT2D eigenvalue weighted by Crippen LogP contribution is -2.18. The van der Waals surface area contributed by atoms with Gasteiger partial charge in [-0.1, -0.05) is 18.2 Å². The third kappa shape index (κ3) is 3.62. The molecule has 0 saturated carbocycles. The summed E-state index contributed by atoms with van der Waals surface area (Å²) in [5.74, 6) is 0.0934. The first kappa shape index (κ1) is 18.2. The van der Waals surface area contributed by atoms with E-state index >= 15 is 0 Å². The first-order chi connectivity index (χ1) is 13.4. The molecule has 0 radical (unpaired) electrons. The highest BCUT2D eigenvalue weighted by molar-refractivity contribution is 7.94. The van der Waals surface area contributed by atoms with Crippen molar-refractivity contribution in [3.63, 3.8) is 0 Å². The maximum absolute atomic E-state index is 12.8. The van der Waals surface area contributed by atoms with Crippen LogP contribution in [0.2, 0.25) is 0 Å². The molecular formula is C19H15N3O4S2. The number of nitrogens with zero attached hydrogens (tertiary/aromatic N) is 1. The Morgan fingerprint density at radius 1 is 1.11 bits per heavy atom. The van der Waals surface area contributed by atoms with Gasteiger partial charge in [-0.05, 0) is 41.8 Å². The number of hydrogen-bond acceptors (Lipinski definition) is 6. The number of fused-ring (bicyclic) bond motifs is 1. The zero-order valence-electron chi connectivity index (χ0n) is 14.7. The summed E-state index contributed by atoms with van der Waals surface area (Å²) >= 11 is 1.10. The SMILES string of the molecule is Cc1nc2cc(NC(=O)c3ccccc3NS(=O)(=O)c3cccs3)ccc2o1. The Hall–Kier alpha value is -3.17. The lowest BCUT2D eigenvalue weighted by atomic mass is 10.1. The molecule has 0 aliphatic heterocycles. The van der Waals surface area contributed by atoms with Crippen LogP contribution in [0.15, 0.2) is 68.6 Å². The fourth-order valence-electron chi connectivity index (χ4n) is 2.70. The Kier molecular flexibility index (Phi) is 4.62. The molecule has 0 atom stereocenters. The number of carbonyl (C=O) groups is 1. The van der Waals surface area contributed by atoms with E-state index in [4.69, 9.17) is 4.42 Å². The van der Waals surface area contributed by atoms with Gasteiger partial charge in [-0.2, -0.15) is 0 Å². The number of anilines is 2. The first-order valence-electron chi connectivity index (χ1n) is 8.26. The van der Waals surface area contributed by atoms with Crippen LogP contribution in [0.3, 0.4) is 0 Å². The molecule has 2 aromatic heterocycles. The molecule has 4 aromatic rings. The van der Waals surface area contributed by atoms with Crippen LogP contribution < -0.4 is 10.0 Å². The third-order valence-electron chi connectivity index (χ3n) is 3.93. The number of sulfonamides is 1. The Labute approximate surface area is 165 Å². The van der Waals surface area contributed by atoms with Crippen molar-refractivity contribution in [3.05, 3.63) is 71.4 Å². The first-order valence-corrected chi connectivity index (χ1v) is 10.6. The molecule has 0 bridgehead atoms. The largest absolute Gasteiger partial charge is 0.441 e. The number of nitrogens with one attached hydrogen (secondary N) is 2. The van der Waals surface area contributed by atoms with Crippen LogP contribution in [0.25, 0.3) is 11.1 Å². The minimum Gasteiger partial charge on any atom is -0.441 e. The van der Waals surface area contributed by atoms with E-state index in [2.05, 4.69) is 15.0 Å². The van der Waals surface area contributed by atoms with Gasteiger partial charge in [0.1, 0.15) is 9.73 Å². The van der Waals surface area contributed by atoms with Crippen LogP contribution in [0.5, 0.6) is 0 Å². The van der Waals surface area contributed by atoms with Crippen molar-refractivity contribution in [3.8, 4) is 0 Å². The van der Waals surface area contributed by atoms with Crippen molar-refractivity contribution in [2.24, 2.45) is 0 Å². The summed E-state index contributed by atoms with van der Waals surface area (Å²) < 4.78 is 33.1. The quantitative estimate of drug-likeness (QED) is 0.509. The molecule has 0 aliphatic carbocycles. The molecule has 0 saturated heterocycles. The monoisotopic (exact) mass is 413 g/mol. The van der Waals surface area contributed by atoms with Crippen LogP contribution in [-0.4, -0.2) is 19.3 Å². The molecule has 142 valence electrons. The summed E-state index contributed by atoms with van der Waals surface area (Å²) in [6.45, 7) is 1.74. The summed E-state index contributed by atoms with van der Waals surface area (Å²) in [4.78, 5) is 17.0. The number of aryl methyl sites for hydroxylation is 1.